The number of nitrogens with zero attached hydrogens (tertiary/aromatic N) is 2. The molecule has 2 aliphatic rings. The van der Waals surface area contributed by atoms with Crippen LogP contribution in [0.25, 0.3) is 0 Å². The molecule has 1 aliphatic carbocycles. The summed E-state index contributed by atoms with van der Waals surface area (Å²) in [6, 6.07) is 1.19. The summed E-state index contributed by atoms with van der Waals surface area (Å²) in [6.45, 7) is 9.30. The van der Waals surface area contributed by atoms with Crippen LogP contribution >= 0.6 is 11.3 Å². The van der Waals surface area contributed by atoms with Crippen molar-refractivity contribution in [1.82, 2.24) is 10.3 Å². The van der Waals surface area contributed by atoms with Crippen LogP contribution in [0.1, 0.15) is 69.5 Å². The monoisotopic (exact) mass is 307 g/mol. The van der Waals surface area contributed by atoms with Gasteiger partial charge >= 0.3 is 0 Å². The lowest BCUT2D eigenvalue weighted by Crippen LogP contribution is -2.42. The van der Waals surface area contributed by atoms with E-state index in [0.29, 0.717) is 12.1 Å². The maximum Gasteiger partial charge on any atom is 0.186 e. The quantitative estimate of drug-likeness (QED) is 0.906. The molecular weight excluding hydrogens is 278 g/mol. The summed E-state index contributed by atoms with van der Waals surface area (Å²) in [6.07, 6.45) is 7.62. The Morgan fingerprint density at radius 1 is 1.29 bits per heavy atom. The predicted molar refractivity (Wildman–Crippen MR) is 91.3 cm³/mol. The van der Waals surface area contributed by atoms with Crippen molar-refractivity contribution in [3.8, 4) is 0 Å². The zero-order chi connectivity index (χ0) is 14.8. The molecule has 3 unspecified atom stereocenters. The first-order valence-corrected chi connectivity index (χ1v) is 9.52. The van der Waals surface area contributed by atoms with Crippen LogP contribution in [0.3, 0.4) is 0 Å². The van der Waals surface area contributed by atoms with Crippen molar-refractivity contribution in [3.63, 3.8) is 0 Å². The number of rotatable bonds is 4. The van der Waals surface area contributed by atoms with Gasteiger partial charge in [-0.05, 0) is 57.9 Å². The predicted octanol–water partition coefficient (Wildman–Crippen LogP) is 4.14. The Hall–Kier alpha value is -0.610. The second-order valence-electron chi connectivity index (χ2n) is 6.76. The van der Waals surface area contributed by atoms with Crippen molar-refractivity contribution < 1.29 is 0 Å². The number of fused-ring (bicyclic) bond motifs is 1. The lowest BCUT2D eigenvalue weighted by Gasteiger charge is -2.37. The van der Waals surface area contributed by atoms with Gasteiger partial charge in [-0.25, -0.2) is 4.98 Å². The van der Waals surface area contributed by atoms with E-state index in [1.165, 1.54) is 60.8 Å². The Labute approximate surface area is 133 Å². The topological polar surface area (TPSA) is 28.2 Å². The third-order valence-corrected chi connectivity index (χ3v) is 6.45. The number of aryl methyl sites for hydroxylation is 1. The van der Waals surface area contributed by atoms with Crippen molar-refractivity contribution >= 4 is 16.5 Å². The summed E-state index contributed by atoms with van der Waals surface area (Å²) in [7, 11) is 0. The second kappa shape index (κ2) is 6.66. The fourth-order valence-electron chi connectivity index (χ4n) is 3.65. The van der Waals surface area contributed by atoms with Crippen LogP contribution in [0.2, 0.25) is 0 Å². The average molecular weight is 308 g/mol. The molecule has 1 saturated heterocycles. The van der Waals surface area contributed by atoms with Gasteiger partial charge in [0.15, 0.2) is 5.13 Å². The van der Waals surface area contributed by atoms with Gasteiger partial charge in [0.25, 0.3) is 0 Å². The summed E-state index contributed by atoms with van der Waals surface area (Å²) in [5, 5.41) is 5.00. The molecule has 0 amide bonds. The Bertz CT molecular complexity index is 471. The normalized spacial score (nSPS) is 29.5. The number of nitrogens with one attached hydrogen (secondary N) is 1. The van der Waals surface area contributed by atoms with Crippen LogP contribution in [-0.4, -0.2) is 24.1 Å². The Morgan fingerprint density at radius 3 is 2.95 bits per heavy atom. The fraction of sp³-hybridized carbons (Fsp3) is 0.824. The van der Waals surface area contributed by atoms with Crippen LogP contribution in [0, 0.1) is 5.92 Å². The van der Waals surface area contributed by atoms with Gasteiger partial charge in [0.1, 0.15) is 0 Å². The number of aromatic nitrogens is 1. The molecule has 3 atom stereocenters. The maximum absolute atomic E-state index is 5.02. The zero-order valence-electron chi connectivity index (χ0n) is 13.7. The lowest BCUT2D eigenvalue weighted by molar-refractivity contribution is 0.363. The smallest absolute Gasteiger partial charge is 0.186 e. The largest absolute Gasteiger partial charge is 0.345 e. The SMILES string of the molecule is CCCNC1CCCc2nc(N3CCCC(C)C3C)sc21. The molecule has 0 radical (unpaired) electrons. The molecular formula is C17H29N3S. The van der Waals surface area contributed by atoms with Crippen molar-refractivity contribution in [2.45, 2.75) is 71.4 Å². The van der Waals surface area contributed by atoms with Gasteiger partial charge < -0.3 is 10.2 Å². The molecule has 1 fully saturated rings. The molecule has 3 rings (SSSR count). The molecule has 1 aromatic rings. The third kappa shape index (κ3) is 3.11. The van der Waals surface area contributed by atoms with Gasteiger partial charge in [-0.15, -0.1) is 0 Å². The number of piperidine rings is 1. The van der Waals surface area contributed by atoms with Crippen molar-refractivity contribution in [2.75, 3.05) is 18.0 Å². The van der Waals surface area contributed by atoms with Gasteiger partial charge in [-0.1, -0.05) is 25.2 Å². The molecule has 1 N–H and O–H groups in total. The molecule has 1 aromatic heterocycles. The summed E-state index contributed by atoms with van der Waals surface area (Å²) in [5.74, 6) is 0.786. The summed E-state index contributed by atoms with van der Waals surface area (Å²) >= 11 is 1.96. The highest BCUT2D eigenvalue weighted by Crippen LogP contribution is 2.39. The molecule has 0 saturated carbocycles. The van der Waals surface area contributed by atoms with E-state index >= 15 is 0 Å². The van der Waals surface area contributed by atoms with Crippen LogP contribution in [-0.2, 0) is 6.42 Å². The second-order valence-corrected chi connectivity index (χ2v) is 7.77. The minimum atomic E-state index is 0.553. The first-order valence-electron chi connectivity index (χ1n) is 8.70. The first-order chi connectivity index (χ1) is 10.2. The number of hydrogen-bond donors (Lipinski definition) is 1. The minimum absolute atomic E-state index is 0.553. The average Bonchev–Trinajstić information content (AvgIpc) is 2.92. The Morgan fingerprint density at radius 2 is 2.14 bits per heavy atom. The van der Waals surface area contributed by atoms with Gasteiger partial charge in [0, 0.05) is 23.5 Å². The van der Waals surface area contributed by atoms with Gasteiger partial charge in [0.05, 0.1) is 5.69 Å². The highest BCUT2D eigenvalue weighted by Gasteiger charge is 2.30. The minimum Gasteiger partial charge on any atom is -0.345 e. The number of hydrogen-bond acceptors (Lipinski definition) is 4. The fourth-order valence-corrected chi connectivity index (χ4v) is 4.98. The summed E-state index contributed by atoms with van der Waals surface area (Å²) in [4.78, 5) is 9.11. The van der Waals surface area contributed by atoms with Crippen molar-refractivity contribution in [1.29, 1.82) is 0 Å². The van der Waals surface area contributed by atoms with Crippen molar-refractivity contribution in [3.05, 3.63) is 10.6 Å². The van der Waals surface area contributed by atoms with Crippen LogP contribution < -0.4 is 10.2 Å². The molecule has 1 aliphatic heterocycles. The highest BCUT2D eigenvalue weighted by atomic mass is 32.1. The lowest BCUT2D eigenvalue weighted by atomic mass is 9.92. The standard InChI is InChI=1S/C17H29N3S/c1-4-10-18-14-8-5-9-15-16(14)21-17(19-15)20-11-6-7-12(2)13(20)3/h12-14,18H,4-11H2,1-3H3. The van der Waals surface area contributed by atoms with Gasteiger partial charge in [-0.2, -0.15) is 0 Å². The van der Waals surface area contributed by atoms with E-state index in [4.69, 9.17) is 4.98 Å². The van der Waals surface area contributed by atoms with E-state index < -0.39 is 0 Å². The van der Waals surface area contributed by atoms with E-state index in [-0.39, 0.29) is 0 Å². The first kappa shape index (κ1) is 15.3. The van der Waals surface area contributed by atoms with Crippen LogP contribution in [0.4, 0.5) is 5.13 Å². The molecule has 0 aromatic carbocycles. The Balaban J connectivity index is 1.80. The number of thiazole rings is 1. The highest BCUT2D eigenvalue weighted by molar-refractivity contribution is 7.15. The zero-order valence-corrected chi connectivity index (χ0v) is 14.5. The molecule has 3 nitrogen and oxygen atoms in total. The van der Waals surface area contributed by atoms with Crippen LogP contribution in [0.15, 0.2) is 0 Å². The Kier molecular flexibility index (Phi) is 4.85. The third-order valence-electron chi connectivity index (χ3n) is 5.20. The number of anilines is 1. The van der Waals surface area contributed by atoms with E-state index in [2.05, 4.69) is 31.0 Å². The van der Waals surface area contributed by atoms with E-state index in [1.807, 2.05) is 11.3 Å². The molecule has 0 spiro atoms. The maximum atomic E-state index is 5.02. The van der Waals surface area contributed by atoms with Crippen LogP contribution in [0.5, 0.6) is 0 Å². The van der Waals surface area contributed by atoms with E-state index in [0.717, 1.165) is 12.5 Å². The van der Waals surface area contributed by atoms with Crippen molar-refractivity contribution in [2.24, 2.45) is 5.92 Å². The van der Waals surface area contributed by atoms with E-state index in [9.17, 15) is 0 Å². The molecule has 0 bridgehead atoms. The molecule has 118 valence electrons. The molecule has 21 heavy (non-hydrogen) atoms. The molecule has 4 heteroatoms. The van der Waals surface area contributed by atoms with E-state index in [1.54, 1.807) is 0 Å². The summed E-state index contributed by atoms with van der Waals surface area (Å²) < 4.78 is 0. The van der Waals surface area contributed by atoms with Gasteiger partial charge in [0.2, 0.25) is 0 Å². The molecule has 2 heterocycles. The summed E-state index contributed by atoms with van der Waals surface area (Å²) in [5.41, 5.74) is 1.38. The van der Waals surface area contributed by atoms with Gasteiger partial charge in [-0.3, -0.25) is 0 Å².